The molecule has 0 aliphatic heterocycles. The van der Waals surface area contributed by atoms with Crippen LogP contribution in [0.4, 0.5) is 4.39 Å². The second-order valence-electron chi connectivity index (χ2n) is 3.86. The van der Waals surface area contributed by atoms with Gasteiger partial charge in [0, 0.05) is 26.9 Å². The first kappa shape index (κ1) is 14.5. The van der Waals surface area contributed by atoms with Crippen LogP contribution < -0.4 is 11.3 Å². The number of hydrogen-bond acceptors (Lipinski definition) is 4. The van der Waals surface area contributed by atoms with Crippen LogP contribution in [0.15, 0.2) is 52.1 Å². The summed E-state index contributed by atoms with van der Waals surface area (Å²) in [5, 5.41) is 0. The molecule has 3 nitrogen and oxygen atoms in total. The van der Waals surface area contributed by atoms with Gasteiger partial charge in [-0.15, -0.1) is 11.8 Å². The lowest BCUT2D eigenvalue weighted by atomic mass is 10.1. The SMILES string of the molecule is NNC(CSc1ccccc1Br)c1ccncc1F. The quantitative estimate of drug-likeness (QED) is 0.497. The zero-order valence-electron chi connectivity index (χ0n) is 10.0. The summed E-state index contributed by atoms with van der Waals surface area (Å²) >= 11 is 5.09. The summed E-state index contributed by atoms with van der Waals surface area (Å²) < 4.78 is 14.7. The Morgan fingerprint density at radius 3 is 2.84 bits per heavy atom. The second-order valence-corrected chi connectivity index (χ2v) is 5.77. The molecular formula is C13H13BrFN3S. The van der Waals surface area contributed by atoms with Gasteiger partial charge in [-0.3, -0.25) is 16.3 Å². The van der Waals surface area contributed by atoms with Crippen LogP contribution >= 0.6 is 27.7 Å². The number of benzene rings is 1. The van der Waals surface area contributed by atoms with E-state index in [2.05, 4.69) is 26.3 Å². The van der Waals surface area contributed by atoms with Crippen LogP contribution in [0, 0.1) is 5.82 Å². The molecule has 1 atom stereocenters. The van der Waals surface area contributed by atoms with Gasteiger partial charge in [0.05, 0.1) is 12.2 Å². The fraction of sp³-hybridized carbons (Fsp3) is 0.154. The predicted octanol–water partition coefficient (Wildman–Crippen LogP) is 3.28. The Kier molecular flexibility index (Phi) is 5.33. The Morgan fingerprint density at radius 1 is 1.37 bits per heavy atom. The smallest absolute Gasteiger partial charge is 0.146 e. The Bertz CT molecular complexity index is 553. The van der Waals surface area contributed by atoms with Crippen molar-refractivity contribution in [2.24, 2.45) is 5.84 Å². The lowest BCUT2D eigenvalue weighted by Gasteiger charge is -2.16. The standard InChI is InChI=1S/C13H13BrFN3S/c14-10-3-1-2-4-13(10)19-8-12(18-16)9-5-6-17-7-11(9)15/h1-7,12,18H,8,16H2. The van der Waals surface area contributed by atoms with Crippen molar-refractivity contribution in [2.75, 3.05) is 5.75 Å². The first-order valence-corrected chi connectivity index (χ1v) is 7.43. The molecule has 0 fully saturated rings. The summed E-state index contributed by atoms with van der Waals surface area (Å²) in [5.41, 5.74) is 3.17. The van der Waals surface area contributed by atoms with Crippen LogP contribution in [0.2, 0.25) is 0 Å². The van der Waals surface area contributed by atoms with E-state index < -0.39 is 0 Å². The molecule has 0 saturated heterocycles. The fourth-order valence-electron chi connectivity index (χ4n) is 1.63. The van der Waals surface area contributed by atoms with Crippen LogP contribution in [0.3, 0.4) is 0 Å². The maximum Gasteiger partial charge on any atom is 0.146 e. The zero-order chi connectivity index (χ0) is 13.7. The van der Waals surface area contributed by atoms with E-state index in [0.717, 1.165) is 9.37 Å². The van der Waals surface area contributed by atoms with Crippen LogP contribution in [-0.4, -0.2) is 10.7 Å². The predicted molar refractivity (Wildman–Crippen MR) is 79.1 cm³/mol. The zero-order valence-corrected chi connectivity index (χ0v) is 12.4. The third-order valence-corrected chi connectivity index (χ3v) is 4.74. The van der Waals surface area contributed by atoms with Gasteiger partial charge in [-0.05, 0) is 34.1 Å². The van der Waals surface area contributed by atoms with Crippen molar-refractivity contribution in [3.05, 3.63) is 58.6 Å². The average Bonchev–Trinajstić information content (AvgIpc) is 2.43. The molecular weight excluding hydrogens is 329 g/mol. The van der Waals surface area contributed by atoms with Crippen molar-refractivity contribution in [2.45, 2.75) is 10.9 Å². The normalized spacial score (nSPS) is 12.4. The van der Waals surface area contributed by atoms with Gasteiger partial charge in [0.25, 0.3) is 0 Å². The highest BCUT2D eigenvalue weighted by atomic mass is 79.9. The van der Waals surface area contributed by atoms with Gasteiger partial charge in [-0.1, -0.05) is 12.1 Å². The molecule has 100 valence electrons. The van der Waals surface area contributed by atoms with Gasteiger partial charge in [-0.25, -0.2) is 4.39 Å². The summed E-state index contributed by atoms with van der Waals surface area (Å²) in [4.78, 5) is 4.83. The van der Waals surface area contributed by atoms with E-state index in [-0.39, 0.29) is 11.9 Å². The number of rotatable bonds is 5. The molecule has 0 saturated carbocycles. The molecule has 1 heterocycles. The minimum Gasteiger partial charge on any atom is -0.271 e. The molecule has 1 aromatic carbocycles. The minimum atomic E-state index is -0.349. The van der Waals surface area contributed by atoms with Gasteiger partial charge in [-0.2, -0.15) is 0 Å². The molecule has 0 spiro atoms. The monoisotopic (exact) mass is 341 g/mol. The van der Waals surface area contributed by atoms with Crippen molar-refractivity contribution >= 4 is 27.7 Å². The molecule has 0 aliphatic carbocycles. The fourth-order valence-corrected chi connectivity index (χ4v) is 3.26. The topological polar surface area (TPSA) is 50.9 Å². The van der Waals surface area contributed by atoms with E-state index in [9.17, 15) is 4.39 Å². The number of nitrogens with one attached hydrogen (secondary N) is 1. The van der Waals surface area contributed by atoms with Crippen molar-refractivity contribution in [3.63, 3.8) is 0 Å². The first-order valence-electron chi connectivity index (χ1n) is 5.65. The molecule has 2 rings (SSSR count). The molecule has 0 amide bonds. The number of halogens is 2. The molecule has 0 aliphatic rings. The third kappa shape index (κ3) is 3.76. The summed E-state index contributed by atoms with van der Waals surface area (Å²) in [5.74, 6) is 5.79. The van der Waals surface area contributed by atoms with E-state index in [1.54, 1.807) is 24.0 Å². The number of aromatic nitrogens is 1. The number of hydrogen-bond donors (Lipinski definition) is 2. The summed E-state index contributed by atoms with van der Waals surface area (Å²) in [6, 6.07) is 9.27. The summed E-state index contributed by atoms with van der Waals surface area (Å²) in [7, 11) is 0. The van der Waals surface area contributed by atoms with Crippen LogP contribution in [-0.2, 0) is 0 Å². The largest absolute Gasteiger partial charge is 0.271 e. The van der Waals surface area contributed by atoms with E-state index in [1.165, 1.54) is 6.20 Å². The highest BCUT2D eigenvalue weighted by Crippen LogP contribution is 2.30. The maximum absolute atomic E-state index is 13.7. The molecule has 0 bridgehead atoms. The molecule has 19 heavy (non-hydrogen) atoms. The molecule has 6 heteroatoms. The Balaban J connectivity index is 2.09. The number of nitrogens with zero attached hydrogens (tertiary/aromatic N) is 1. The maximum atomic E-state index is 13.7. The van der Waals surface area contributed by atoms with Crippen LogP contribution in [0.1, 0.15) is 11.6 Å². The lowest BCUT2D eigenvalue weighted by Crippen LogP contribution is -2.30. The third-order valence-electron chi connectivity index (χ3n) is 2.62. The van der Waals surface area contributed by atoms with Gasteiger partial charge >= 0.3 is 0 Å². The molecule has 2 aromatic rings. The second kappa shape index (κ2) is 7.00. The average molecular weight is 342 g/mol. The van der Waals surface area contributed by atoms with E-state index in [1.807, 2.05) is 24.3 Å². The highest BCUT2D eigenvalue weighted by Gasteiger charge is 2.15. The molecule has 1 aromatic heterocycles. The van der Waals surface area contributed by atoms with Gasteiger partial charge in [0.2, 0.25) is 0 Å². The highest BCUT2D eigenvalue weighted by molar-refractivity contribution is 9.10. The lowest BCUT2D eigenvalue weighted by molar-refractivity contribution is 0.542. The Labute approximate surface area is 123 Å². The van der Waals surface area contributed by atoms with E-state index in [0.29, 0.717) is 11.3 Å². The van der Waals surface area contributed by atoms with E-state index >= 15 is 0 Å². The van der Waals surface area contributed by atoms with E-state index in [4.69, 9.17) is 5.84 Å². The van der Waals surface area contributed by atoms with Gasteiger partial charge in [0.15, 0.2) is 0 Å². The van der Waals surface area contributed by atoms with Gasteiger partial charge in [0.1, 0.15) is 5.82 Å². The number of hydrazine groups is 1. The molecule has 3 N–H and O–H groups in total. The number of nitrogens with two attached hydrogens (primary N) is 1. The minimum absolute atomic E-state index is 0.264. The number of thioether (sulfide) groups is 1. The summed E-state index contributed by atoms with van der Waals surface area (Å²) in [6.07, 6.45) is 2.76. The molecule has 0 radical (unpaired) electrons. The first-order chi connectivity index (χ1) is 9.22. The molecule has 1 unspecified atom stereocenters. The van der Waals surface area contributed by atoms with Crippen LogP contribution in [0.25, 0.3) is 0 Å². The van der Waals surface area contributed by atoms with Crippen molar-refractivity contribution in [1.82, 2.24) is 10.4 Å². The van der Waals surface area contributed by atoms with Gasteiger partial charge < -0.3 is 0 Å². The van der Waals surface area contributed by atoms with Crippen molar-refractivity contribution in [3.8, 4) is 0 Å². The number of pyridine rings is 1. The van der Waals surface area contributed by atoms with Crippen molar-refractivity contribution < 1.29 is 4.39 Å². The Hall–Kier alpha value is -0.950. The summed E-state index contributed by atoms with van der Waals surface area (Å²) in [6.45, 7) is 0. The van der Waals surface area contributed by atoms with Crippen LogP contribution in [0.5, 0.6) is 0 Å². The Morgan fingerprint density at radius 2 is 2.16 bits per heavy atom. The van der Waals surface area contributed by atoms with Crippen molar-refractivity contribution in [1.29, 1.82) is 0 Å².